The Morgan fingerprint density at radius 3 is 1.67 bits per heavy atom. The van der Waals surface area contributed by atoms with E-state index in [0.29, 0.717) is 0 Å². The number of hydrogen-bond acceptors (Lipinski definition) is 2. The second kappa shape index (κ2) is 5.88. The van der Waals surface area contributed by atoms with E-state index in [4.69, 9.17) is 0 Å². The van der Waals surface area contributed by atoms with Crippen LogP contribution < -0.4 is 24.0 Å². The van der Waals surface area contributed by atoms with Crippen LogP contribution in [-0.2, 0) is 0 Å². The number of nitrogens with zero attached hydrogens (tertiary/aromatic N) is 2. The summed E-state index contributed by atoms with van der Waals surface area (Å²) >= 11 is 0. The molecule has 0 saturated heterocycles. The summed E-state index contributed by atoms with van der Waals surface area (Å²) in [6.07, 6.45) is 0. The maximum atomic E-state index is 4.43. The third-order valence-corrected chi connectivity index (χ3v) is 6.93. The van der Waals surface area contributed by atoms with Gasteiger partial charge in [0.25, 0.3) is 0 Å². The van der Waals surface area contributed by atoms with Crippen molar-refractivity contribution < 1.29 is 18.9 Å². The van der Waals surface area contributed by atoms with Crippen molar-refractivity contribution in [3.8, 4) is 0 Å². The third kappa shape index (κ3) is 2.96. The minimum absolute atomic E-state index is 0. The van der Waals surface area contributed by atoms with E-state index >= 15 is 0 Å². The van der Waals surface area contributed by atoms with E-state index in [-0.39, 0.29) is 18.9 Å². The molecule has 78 valence electrons. The molecule has 2 nitrogen and oxygen atoms in total. The molecular formula is C11H19LiN2Si. The summed E-state index contributed by atoms with van der Waals surface area (Å²) in [6.45, 7) is 4.43. The maximum Gasteiger partial charge on any atom is 1.00 e. The largest absolute Gasteiger partial charge is 1.00 e. The number of hydrogen-bond donors (Lipinski definition) is 0. The van der Waals surface area contributed by atoms with Crippen molar-refractivity contribution in [2.45, 2.75) is 0 Å². The van der Waals surface area contributed by atoms with Crippen molar-refractivity contribution >= 4 is 13.6 Å². The van der Waals surface area contributed by atoms with E-state index in [1.54, 1.807) is 0 Å². The Kier molecular flexibility index (Phi) is 5.86. The molecule has 15 heavy (non-hydrogen) atoms. The Balaban J connectivity index is 0.00000196. The van der Waals surface area contributed by atoms with Gasteiger partial charge in [0, 0.05) is 0 Å². The zero-order valence-corrected chi connectivity index (χ0v) is 11.5. The normalized spacial score (nSPS) is 11.7. The van der Waals surface area contributed by atoms with Gasteiger partial charge in [0.15, 0.2) is 0 Å². The molecule has 0 spiro atoms. The Morgan fingerprint density at radius 2 is 1.33 bits per heavy atom. The van der Waals surface area contributed by atoms with Crippen molar-refractivity contribution in [1.29, 1.82) is 0 Å². The number of benzene rings is 1. The number of rotatable bonds is 3. The van der Waals surface area contributed by atoms with Gasteiger partial charge < -0.3 is 15.7 Å². The van der Waals surface area contributed by atoms with E-state index in [1.165, 1.54) is 5.19 Å². The maximum absolute atomic E-state index is 4.43. The zero-order chi connectivity index (χ0) is 10.8. The SMILES string of the molecule is [CH2-][Si](c1ccccc1)(N(C)C)N(C)C.[Li+]. The van der Waals surface area contributed by atoms with E-state index in [1.807, 2.05) is 6.07 Å². The van der Waals surface area contributed by atoms with Crippen LogP contribution in [0.25, 0.3) is 0 Å². The van der Waals surface area contributed by atoms with Crippen molar-refractivity contribution in [2.24, 2.45) is 0 Å². The average molecular weight is 214 g/mol. The van der Waals surface area contributed by atoms with Crippen LogP contribution in [0, 0.1) is 6.55 Å². The van der Waals surface area contributed by atoms with Gasteiger partial charge in [-0.05, 0) is 28.2 Å². The van der Waals surface area contributed by atoms with E-state index in [9.17, 15) is 0 Å². The summed E-state index contributed by atoms with van der Waals surface area (Å²) in [5.41, 5.74) is 0. The van der Waals surface area contributed by atoms with Gasteiger partial charge in [-0.3, -0.25) is 0 Å². The monoisotopic (exact) mass is 214 g/mol. The van der Waals surface area contributed by atoms with Crippen LogP contribution in [0.15, 0.2) is 30.3 Å². The molecule has 0 aromatic heterocycles. The molecule has 0 fully saturated rings. The topological polar surface area (TPSA) is 6.48 Å². The predicted molar refractivity (Wildman–Crippen MR) is 64.6 cm³/mol. The predicted octanol–water partition coefficient (Wildman–Crippen LogP) is -2.16. The zero-order valence-electron chi connectivity index (χ0n) is 10.5. The molecule has 0 heterocycles. The Bertz CT molecular complexity index is 280. The molecular weight excluding hydrogens is 195 g/mol. The Hall–Kier alpha value is -0.0457. The third-order valence-electron chi connectivity index (χ3n) is 2.72. The van der Waals surface area contributed by atoms with Crippen LogP contribution >= 0.6 is 0 Å². The first kappa shape index (κ1) is 15.0. The smallest absolute Gasteiger partial charge is 0.336 e. The molecule has 1 rings (SSSR count). The summed E-state index contributed by atoms with van der Waals surface area (Å²) in [4.78, 5) is 0. The summed E-state index contributed by atoms with van der Waals surface area (Å²) < 4.78 is 4.50. The van der Waals surface area contributed by atoms with Crippen molar-refractivity contribution in [3.63, 3.8) is 0 Å². The first-order valence-corrected chi connectivity index (χ1v) is 6.85. The van der Waals surface area contributed by atoms with Gasteiger partial charge in [0.2, 0.25) is 0 Å². The molecule has 0 bridgehead atoms. The Morgan fingerprint density at radius 1 is 0.933 bits per heavy atom. The van der Waals surface area contributed by atoms with Crippen molar-refractivity contribution in [2.75, 3.05) is 28.2 Å². The molecule has 0 unspecified atom stereocenters. The molecule has 0 aliphatic carbocycles. The summed E-state index contributed by atoms with van der Waals surface area (Å²) in [5.74, 6) is 0. The van der Waals surface area contributed by atoms with Gasteiger partial charge in [0.1, 0.15) is 0 Å². The minimum atomic E-state index is -1.86. The fraction of sp³-hybridized carbons (Fsp3) is 0.364. The van der Waals surface area contributed by atoms with E-state index in [2.05, 4.69) is 68.1 Å². The second-order valence-corrected chi connectivity index (χ2v) is 7.97. The fourth-order valence-corrected chi connectivity index (χ4v) is 4.18. The summed E-state index contributed by atoms with van der Waals surface area (Å²) in [5, 5.41) is 1.34. The van der Waals surface area contributed by atoms with Gasteiger partial charge in [-0.25, -0.2) is 0 Å². The molecule has 1 aromatic rings. The second-order valence-electron chi connectivity index (χ2n) is 3.97. The average Bonchev–Trinajstić information content (AvgIpc) is 2.17. The fourth-order valence-electron chi connectivity index (χ4n) is 1.62. The van der Waals surface area contributed by atoms with E-state index in [0.717, 1.165) is 0 Å². The molecule has 0 N–H and O–H groups in total. The van der Waals surface area contributed by atoms with Crippen LogP contribution in [0.4, 0.5) is 0 Å². The van der Waals surface area contributed by atoms with Crippen LogP contribution in [0.2, 0.25) is 0 Å². The van der Waals surface area contributed by atoms with Gasteiger partial charge in [0.05, 0.1) is 8.40 Å². The molecule has 4 heteroatoms. The van der Waals surface area contributed by atoms with Gasteiger partial charge in [-0.2, -0.15) is 0 Å². The first-order valence-electron chi connectivity index (χ1n) is 4.75. The molecule has 0 aliphatic rings. The van der Waals surface area contributed by atoms with E-state index < -0.39 is 8.40 Å². The molecule has 1 aromatic carbocycles. The molecule has 0 aliphatic heterocycles. The van der Waals surface area contributed by atoms with Gasteiger partial charge >= 0.3 is 18.9 Å². The van der Waals surface area contributed by atoms with Gasteiger partial charge in [-0.15, -0.1) is 0 Å². The quantitative estimate of drug-likeness (QED) is 0.418. The minimum Gasteiger partial charge on any atom is -0.336 e. The summed E-state index contributed by atoms with van der Waals surface area (Å²) in [7, 11) is 6.55. The molecule has 0 radical (unpaired) electrons. The van der Waals surface area contributed by atoms with Crippen LogP contribution in [0.3, 0.4) is 0 Å². The first-order chi connectivity index (χ1) is 6.49. The van der Waals surface area contributed by atoms with Gasteiger partial charge in [-0.1, -0.05) is 35.5 Å². The molecule has 0 amide bonds. The Labute approximate surface area is 107 Å². The summed E-state index contributed by atoms with van der Waals surface area (Å²) in [6, 6.07) is 10.5. The van der Waals surface area contributed by atoms with Crippen molar-refractivity contribution in [1.82, 2.24) is 9.13 Å². The molecule has 0 atom stereocenters. The van der Waals surface area contributed by atoms with Crippen molar-refractivity contribution in [3.05, 3.63) is 36.9 Å². The molecule has 0 saturated carbocycles. The van der Waals surface area contributed by atoms with Crippen LogP contribution in [0.5, 0.6) is 0 Å². The van der Waals surface area contributed by atoms with Crippen LogP contribution in [-0.4, -0.2) is 45.7 Å². The van der Waals surface area contributed by atoms with Crippen LogP contribution in [0.1, 0.15) is 0 Å². The standard InChI is InChI=1S/C11H19N2Si.Li/c1-12(2)14(5,13(3)4)11-9-7-6-8-10-11;/h6-10H,5H2,1-4H3;/q-1;+1.